The Morgan fingerprint density at radius 1 is 1.35 bits per heavy atom. The maximum atomic E-state index is 12.2. The minimum Gasteiger partial charge on any atom is -0.350 e. The van der Waals surface area contributed by atoms with Crippen molar-refractivity contribution < 1.29 is 4.79 Å². The first-order chi connectivity index (χ1) is 9.53. The molecule has 0 radical (unpaired) electrons. The standard InChI is InChI=1S/C15H22ClN3O/c1-19(2)15(8-4-3-5-9-15)11-18-14(20)12-6-7-13(16)17-10-12/h6-7,10H,3-5,8-9,11H2,1-2H3,(H,18,20). The van der Waals surface area contributed by atoms with Gasteiger partial charge in [0.05, 0.1) is 5.56 Å². The highest BCUT2D eigenvalue weighted by molar-refractivity contribution is 6.29. The predicted molar refractivity (Wildman–Crippen MR) is 81.1 cm³/mol. The Balaban J connectivity index is 1.98. The van der Waals surface area contributed by atoms with Crippen LogP contribution in [0.2, 0.25) is 5.15 Å². The van der Waals surface area contributed by atoms with Crippen molar-refractivity contribution in [2.45, 2.75) is 37.6 Å². The lowest BCUT2D eigenvalue weighted by molar-refractivity contribution is 0.0799. The van der Waals surface area contributed by atoms with Crippen LogP contribution in [0.4, 0.5) is 0 Å². The van der Waals surface area contributed by atoms with Gasteiger partial charge in [0.2, 0.25) is 0 Å². The topological polar surface area (TPSA) is 45.2 Å². The molecule has 0 aromatic carbocycles. The molecule has 4 nitrogen and oxygen atoms in total. The molecule has 110 valence electrons. The minimum atomic E-state index is -0.0824. The second-order valence-corrected chi connectivity index (χ2v) is 6.12. The molecule has 0 saturated heterocycles. The number of hydrogen-bond acceptors (Lipinski definition) is 3. The van der Waals surface area contributed by atoms with E-state index in [4.69, 9.17) is 11.6 Å². The Morgan fingerprint density at radius 2 is 2.05 bits per heavy atom. The third-order valence-electron chi connectivity index (χ3n) is 4.30. The molecule has 1 heterocycles. The minimum absolute atomic E-state index is 0.0824. The van der Waals surface area contributed by atoms with Gasteiger partial charge in [0, 0.05) is 18.3 Å². The smallest absolute Gasteiger partial charge is 0.252 e. The van der Waals surface area contributed by atoms with Gasteiger partial charge >= 0.3 is 0 Å². The van der Waals surface area contributed by atoms with E-state index >= 15 is 0 Å². The van der Waals surface area contributed by atoms with Gasteiger partial charge in [0.15, 0.2) is 0 Å². The molecule has 20 heavy (non-hydrogen) atoms. The summed E-state index contributed by atoms with van der Waals surface area (Å²) in [5.74, 6) is -0.0824. The number of amides is 1. The van der Waals surface area contributed by atoms with Crippen molar-refractivity contribution >= 4 is 17.5 Å². The number of carbonyl (C=O) groups is 1. The van der Waals surface area contributed by atoms with E-state index in [0.717, 1.165) is 12.8 Å². The van der Waals surface area contributed by atoms with E-state index < -0.39 is 0 Å². The second kappa shape index (κ2) is 6.55. The Hall–Kier alpha value is -1.13. The van der Waals surface area contributed by atoms with Crippen molar-refractivity contribution in [3.63, 3.8) is 0 Å². The van der Waals surface area contributed by atoms with E-state index in [1.807, 2.05) is 0 Å². The molecule has 1 fully saturated rings. The van der Waals surface area contributed by atoms with E-state index in [9.17, 15) is 4.79 Å². The Labute approximate surface area is 125 Å². The number of likely N-dealkylation sites (N-methyl/N-ethyl adjacent to an activating group) is 1. The van der Waals surface area contributed by atoms with Gasteiger partial charge in [-0.05, 0) is 39.1 Å². The van der Waals surface area contributed by atoms with E-state index in [1.165, 1.54) is 25.5 Å². The zero-order valence-electron chi connectivity index (χ0n) is 12.2. The number of aromatic nitrogens is 1. The third kappa shape index (κ3) is 3.49. The fraction of sp³-hybridized carbons (Fsp3) is 0.600. The molecule has 1 aliphatic rings. The van der Waals surface area contributed by atoms with E-state index in [0.29, 0.717) is 17.3 Å². The molecule has 1 N–H and O–H groups in total. The Morgan fingerprint density at radius 3 is 2.60 bits per heavy atom. The predicted octanol–water partition coefficient (Wildman–Crippen LogP) is 2.73. The molecule has 0 atom stereocenters. The summed E-state index contributed by atoms with van der Waals surface area (Å²) >= 11 is 5.73. The van der Waals surface area contributed by atoms with Crippen LogP contribution in [-0.4, -0.2) is 42.0 Å². The van der Waals surface area contributed by atoms with Crippen LogP contribution in [-0.2, 0) is 0 Å². The largest absolute Gasteiger partial charge is 0.350 e. The third-order valence-corrected chi connectivity index (χ3v) is 4.52. The van der Waals surface area contributed by atoms with Crippen LogP contribution in [0.1, 0.15) is 42.5 Å². The summed E-state index contributed by atoms with van der Waals surface area (Å²) in [6, 6.07) is 3.34. The monoisotopic (exact) mass is 295 g/mol. The zero-order valence-corrected chi connectivity index (χ0v) is 12.9. The molecular formula is C15H22ClN3O. The molecular weight excluding hydrogens is 274 g/mol. The molecule has 0 unspecified atom stereocenters. The lowest BCUT2D eigenvalue weighted by atomic mass is 9.80. The fourth-order valence-corrected chi connectivity index (χ4v) is 2.96. The van der Waals surface area contributed by atoms with Crippen LogP contribution >= 0.6 is 11.6 Å². The van der Waals surface area contributed by atoms with Gasteiger partial charge in [0.1, 0.15) is 5.15 Å². The SMILES string of the molecule is CN(C)C1(CNC(=O)c2ccc(Cl)nc2)CCCCC1. The van der Waals surface area contributed by atoms with Crippen LogP contribution < -0.4 is 5.32 Å². The van der Waals surface area contributed by atoms with Crippen LogP contribution in [0.5, 0.6) is 0 Å². The molecule has 5 heteroatoms. The summed E-state index contributed by atoms with van der Waals surface area (Å²) < 4.78 is 0. The molecule has 1 aliphatic carbocycles. The van der Waals surface area contributed by atoms with Crippen LogP contribution in [0.3, 0.4) is 0 Å². The van der Waals surface area contributed by atoms with Crippen LogP contribution in [0.25, 0.3) is 0 Å². The Kier molecular flexibility index (Phi) is 5.00. The van der Waals surface area contributed by atoms with Gasteiger partial charge in [-0.3, -0.25) is 4.79 Å². The quantitative estimate of drug-likeness (QED) is 0.869. The highest BCUT2D eigenvalue weighted by atomic mass is 35.5. The first-order valence-electron chi connectivity index (χ1n) is 7.11. The first-order valence-corrected chi connectivity index (χ1v) is 7.48. The summed E-state index contributed by atoms with van der Waals surface area (Å²) in [5.41, 5.74) is 0.646. The van der Waals surface area contributed by atoms with Crippen molar-refractivity contribution in [1.82, 2.24) is 15.2 Å². The van der Waals surface area contributed by atoms with Gasteiger partial charge < -0.3 is 10.2 Å². The van der Waals surface area contributed by atoms with Gasteiger partial charge in [-0.15, -0.1) is 0 Å². The number of halogens is 1. The van der Waals surface area contributed by atoms with E-state index in [2.05, 4.69) is 29.3 Å². The van der Waals surface area contributed by atoms with Crippen LogP contribution in [0.15, 0.2) is 18.3 Å². The molecule has 1 aromatic rings. The fourth-order valence-electron chi connectivity index (χ4n) is 2.85. The normalized spacial score (nSPS) is 18.0. The molecule has 1 aromatic heterocycles. The number of carbonyl (C=O) groups excluding carboxylic acids is 1. The summed E-state index contributed by atoms with van der Waals surface area (Å²) in [4.78, 5) is 18.3. The lowest BCUT2D eigenvalue weighted by Crippen LogP contribution is -2.53. The summed E-state index contributed by atoms with van der Waals surface area (Å²) in [6.07, 6.45) is 7.55. The van der Waals surface area contributed by atoms with Gasteiger partial charge in [-0.1, -0.05) is 30.9 Å². The highest BCUT2D eigenvalue weighted by Gasteiger charge is 2.34. The van der Waals surface area contributed by atoms with Gasteiger partial charge in [-0.25, -0.2) is 4.98 Å². The average molecular weight is 296 g/mol. The van der Waals surface area contributed by atoms with E-state index in [1.54, 1.807) is 12.1 Å². The second-order valence-electron chi connectivity index (χ2n) is 5.73. The molecule has 2 rings (SSSR count). The van der Waals surface area contributed by atoms with Crippen molar-refractivity contribution in [2.75, 3.05) is 20.6 Å². The van der Waals surface area contributed by atoms with E-state index in [-0.39, 0.29) is 11.4 Å². The molecule has 0 aliphatic heterocycles. The first kappa shape index (κ1) is 15.3. The van der Waals surface area contributed by atoms with Crippen LogP contribution in [0, 0.1) is 0 Å². The molecule has 0 spiro atoms. The number of nitrogens with one attached hydrogen (secondary N) is 1. The number of nitrogens with zero attached hydrogens (tertiary/aromatic N) is 2. The number of rotatable bonds is 4. The summed E-state index contributed by atoms with van der Waals surface area (Å²) in [5, 5.41) is 3.45. The molecule has 1 amide bonds. The number of hydrogen-bond donors (Lipinski definition) is 1. The van der Waals surface area contributed by atoms with Gasteiger partial charge in [-0.2, -0.15) is 0 Å². The van der Waals surface area contributed by atoms with Gasteiger partial charge in [0.25, 0.3) is 5.91 Å². The summed E-state index contributed by atoms with van der Waals surface area (Å²) in [6.45, 7) is 0.682. The summed E-state index contributed by atoms with van der Waals surface area (Å²) in [7, 11) is 4.20. The lowest BCUT2D eigenvalue weighted by Gasteiger charge is -2.43. The maximum absolute atomic E-state index is 12.2. The molecule has 1 saturated carbocycles. The Bertz CT molecular complexity index is 453. The van der Waals surface area contributed by atoms with Crippen molar-refractivity contribution in [3.05, 3.63) is 29.0 Å². The maximum Gasteiger partial charge on any atom is 0.252 e. The number of pyridine rings is 1. The van der Waals surface area contributed by atoms with Crippen molar-refractivity contribution in [2.24, 2.45) is 0 Å². The average Bonchev–Trinajstić information content (AvgIpc) is 2.46. The van der Waals surface area contributed by atoms with Crippen molar-refractivity contribution in [1.29, 1.82) is 0 Å². The van der Waals surface area contributed by atoms with Crippen molar-refractivity contribution in [3.8, 4) is 0 Å². The zero-order chi connectivity index (χ0) is 14.6. The molecule has 0 bridgehead atoms. The highest BCUT2D eigenvalue weighted by Crippen LogP contribution is 2.31.